The summed E-state index contributed by atoms with van der Waals surface area (Å²) in [6, 6.07) is 5.27. The molecule has 10 heteroatoms. The molecule has 0 spiro atoms. The molecule has 0 aliphatic heterocycles. The molecule has 2 heterocycles. The smallest absolute Gasteiger partial charge is 0.345 e. The second-order valence-electron chi connectivity index (χ2n) is 5.27. The van der Waals surface area contributed by atoms with Crippen molar-refractivity contribution in [2.45, 2.75) is 19.5 Å². The zero-order chi connectivity index (χ0) is 18.9. The average molecular weight is 465 g/mol. The van der Waals surface area contributed by atoms with Crippen LogP contribution in [0, 0.1) is 0 Å². The van der Waals surface area contributed by atoms with Gasteiger partial charge in [-0.05, 0) is 48.0 Å². The molecule has 0 bridgehead atoms. The lowest BCUT2D eigenvalue weighted by molar-refractivity contribution is 0.0387. The molecule has 2 aromatic heterocycles. The molecule has 0 saturated carbocycles. The van der Waals surface area contributed by atoms with Gasteiger partial charge in [-0.25, -0.2) is 4.98 Å². The van der Waals surface area contributed by atoms with E-state index in [1.165, 1.54) is 13.8 Å². The summed E-state index contributed by atoms with van der Waals surface area (Å²) in [6.45, 7) is 2.71. The lowest BCUT2D eigenvalue weighted by Crippen LogP contribution is -2.17. The fraction of sp³-hybridized carbons (Fsp3) is 0.312. The van der Waals surface area contributed by atoms with Crippen LogP contribution in [-0.4, -0.2) is 23.2 Å². The van der Waals surface area contributed by atoms with E-state index in [-0.39, 0.29) is 22.6 Å². The summed E-state index contributed by atoms with van der Waals surface area (Å²) in [5, 5.41) is 0.582. The Balaban J connectivity index is 2.12. The van der Waals surface area contributed by atoms with E-state index < -0.39 is 13.3 Å². The SMILES string of the molecule is CCOP(=O)(OCC)C(F)(F)c1sc2ccc(-c3ncc[nH]3)cc2c1Br. The predicted molar refractivity (Wildman–Crippen MR) is 102 cm³/mol. The molecule has 0 aliphatic rings. The number of imidazole rings is 1. The zero-order valence-corrected chi connectivity index (χ0v) is 17.3. The van der Waals surface area contributed by atoms with E-state index >= 15 is 8.78 Å². The highest BCUT2D eigenvalue weighted by molar-refractivity contribution is 9.10. The highest BCUT2D eigenvalue weighted by atomic mass is 79.9. The van der Waals surface area contributed by atoms with Crippen LogP contribution in [0.1, 0.15) is 18.7 Å². The Kier molecular flexibility index (Phi) is 5.65. The second-order valence-corrected chi connectivity index (χ2v) is 9.19. The van der Waals surface area contributed by atoms with Gasteiger partial charge in [0.1, 0.15) is 10.7 Å². The zero-order valence-electron chi connectivity index (χ0n) is 14.0. The predicted octanol–water partition coefficient (Wildman–Crippen LogP) is 6.37. The van der Waals surface area contributed by atoms with Crippen molar-refractivity contribution in [3.05, 3.63) is 39.9 Å². The summed E-state index contributed by atoms with van der Waals surface area (Å²) < 4.78 is 53.5. The first kappa shape index (κ1) is 19.6. The van der Waals surface area contributed by atoms with Gasteiger partial charge in [-0.1, -0.05) is 0 Å². The van der Waals surface area contributed by atoms with Gasteiger partial charge in [-0.3, -0.25) is 4.57 Å². The molecule has 1 aromatic carbocycles. The van der Waals surface area contributed by atoms with Gasteiger partial charge in [0.2, 0.25) is 0 Å². The molecule has 0 unspecified atom stereocenters. The molecule has 3 aromatic rings. The van der Waals surface area contributed by atoms with Crippen LogP contribution >= 0.6 is 34.9 Å². The Bertz CT molecular complexity index is 952. The number of hydrogen-bond acceptors (Lipinski definition) is 5. The van der Waals surface area contributed by atoms with Crippen LogP contribution in [0.25, 0.3) is 21.5 Å². The first-order valence-corrected chi connectivity index (χ1v) is 11.0. The molecule has 0 atom stereocenters. The van der Waals surface area contributed by atoms with Crippen LogP contribution in [0.5, 0.6) is 0 Å². The van der Waals surface area contributed by atoms with Crippen molar-refractivity contribution in [3.63, 3.8) is 0 Å². The standard InChI is InChI=1S/C16H16BrF2N2O3PS/c1-3-23-25(22,24-4-2)16(18,19)14-13(17)11-9-10(5-6-12(11)26-14)15-20-7-8-21-15/h5-9H,3-4H2,1-2H3,(H,20,21). The third-order valence-corrected chi connectivity index (χ3v) is 8.20. The van der Waals surface area contributed by atoms with Gasteiger partial charge in [0.05, 0.1) is 13.2 Å². The molecule has 140 valence electrons. The monoisotopic (exact) mass is 464 g/mol. The molecule has 1 N–H and O–H groups in total. The topological polar surface area (TPSA) is 64.2 Å². The van der Waals surface area contributed by atoms with Crippen molar-refractivity contribution in [3.8, 4) is 11.4 Å². The number of thiophene rings is 1. The maximum absolute atomic E-state index is 15.1. The number of alkyl halides is 2. The van der Waals surface area contributed by atoms with Crippen LogP contribution in [0.15, 0.2) is 35.1 Å². The number of H-pyrrole nitrogens is 1. The summed E-state index contributed by atoms with van der Waals surface area (Å²) in [6.07, 6.45) is 3.30. The van der Waals surface area contributed by atoms with Crippen LogP contribution in [0.2, 0.25) is 0 Å². The minimum atomic E-state index is -4.66. The van der Waals surface area contributed by atoms with E-state index in [9.17, 15) is 4.57 Å². The fourth-order valence-corrected chi connectivity index (χ4v) is 6.46. The second kappa shape index (κ2) is 7.48. The van der Waals surface area contributed by atoms with Crippen molar-refractivity contribution >= 4 is 44.9 Å². The summed E-state index contributed by atoms with van der Waals surface area (Å²) in [5.41, 5.74) is -3.01. The molecule has 3 rings (SSSR count). The minimum Gasteiger partial charge on any atom is -0.345 e. The van der Waals surface area contributed by atoms with Crippen molar-refractivity contribution in [2.24, 2.45) is 0 Å². The maximum Gasteiger partial charge on any atom is 0.405 e. The Morgan fingerprint density at radius 3 is 2.58 bits per heavy atom. The van der Waals surface area contributed by atoms with Crippen molar-refractivity contribution in [1.82, 2.24) is 9.97 Å². The number of nitrogens with one attached hydrogen (secondary N) is 1. The molecular weight excluding hydrogens is 449 g/mol. The number of fused-ring (bicyclic) bond motifs is 1. The number of aromatic nitrogens is 2. The van der Waals surface area contributed by atoms with E-state index in [0.29, 0.717) is 15.9 Å². The first-order valence-electron chi connectivity index (χ1n) is 7.83. The average Bonchev–Trinajstić information content (AvgIpc) is 3.23. The Morgan fingerprint density at radius 1 is 1.31 bits per heavy atom. The van der Waals surface area contributed by atoms with Gasteiger partial charge >= 0.3 is 13.3 Å². The van der Waals surface area contributed by atoms with Gasteiger partial charge in [0.15, 0.2) is 0 Å². The fourth-order valence-electron chi connectivity index (χ4n) is 2.50. The van der Waals surface area contributed by atoms with Crippen LogP contribution in [0.3, 0.4) is 0 Å². The molecule has 5 nitrogen and oxygen atoms in total. The van der Waals surface area contributed by atoms with E-state index in [1.54, 1.807) is 30.6 Å². The Labute approximate surface area is 161 Å². The number of halogens is 3. The van der Waals surface area contributed by atoms with E-state index in [2.05, 4.69) is 25.9 Å². The third-order valence-electron chi connectivity index (χ3n) is 3.61. The molecule has 0 radical (unpaired) electrons. The summed E-state index contributed by atoms with van der Waals surface area (Å²) in [4.78, 5) is 6.76. The summed E-state index contributed by atoms with van der Waals surface area (Å²) in [5.74, 6) is 0.632. The van der Waals surface area contributed by atoms with E-state index in [4.69, 9.17) is 9.05 Å². The summed E-state index contributed by atoms with van der Waals surface area (Å²) in [7, 11) is -4.66. The van der Waals surface area contributed by atoms with E-state index in [1.807, 2.05) is 0 Å². The molecular formula is C16H16BrF2N2O3PS. The quantitative estimate of drug-likeness (QED) is 0.412. The highest BCUT2D eigenvalue weighted by Crippen LogP contribution is 2.69. The largest absolute Gasteiger partial charge is 0.405 e. The Morgan fingerprint density at radius 2 is 2.00 bits per heavy atom. The number of benzene rings is 1. The molecule has 26 heavy (non-hydrogen) atoms. The first-order chi connectivity index (χ1) is 12.3. The van der Waals surface area contributed by atoms with Gasteiger partial charge in [0.25, 0.3) is 0 Å². The lowest BCUT2D eigenvalue weighted by atomic mass is 10.1. The number of hydrogen-bond donors (Lipinski definition) is 1. The van der Waals surface area contributed by atoms with Crippen molar-refractivity contribution in [2.75, 3.05) is 13.2 Å². The van der Waals surface area contributed by atoms with Crippen molar-refractivity contribution in [1.29, 1.82) is 0 Å². The number of nitrogens with zero attached hydrogens (tertiary/aromatic N) is 1. The molecule has 0 saturated heterocycles. The van der Waals surface area contributed by atoms with Gasteiger partial charge < -0.3 is 14.0 Å². The van der Waals surface area contributed by atoms with Crippen LogP contribution in [-0.2, 0) is 19.3 Å². The third kappa shape index (κ3) is 3.27. The number of aromatic amines is 1. The normalized spacial score (nSPS) is 12.8. The molecule has 0 fully saturated rings. The maximum atomic E-state index is 15.1. The van der Waals surface area contributed by atoms with Gasteiger partial charge in [0, 0.05) is 32.5 Å². The van der Waals surface area contributed by atoms with E-state index in [0.717, 1.165) is 16.9 Å². The van der Waals surface area contributed by atoms with Crippen LogP contribution < -0.4 is 0 Å². The van der Waals surface area contributed by atoms with Gasteiger partial charge in [-0.2, -0.15) is 8.78 Å². The molecule has 0 aliphatic carbocycles. The number of rotatable bonds is 7. The highest BCUT2D eigenvalue weighted by Gasteiger charge is 2.57. The van der Waals surface area contributed by atoms with Crippen molar-refractivity contribution < 1.29 is 22.4 Å². The molecule has 0 amide bonds. The Hall–Kier alpha value is -1.12. The van der Waals surface area contributed by atoms with Gasteiger partial charge in [-0.15, -0.1) is 11.3 Å². The summed E-state index contributed by atoms with van der Waals surface area (Å²) >= 11 is 4.10. The lowest BCUT2D eigenvalue weighted by Gasteiger charge is -2.25. The van der Waals surface area contributed by atoms with Crippen LogP contribution in [0.4, 0.5) is 8.78 Å². The minimum absolute atomic E-state index is 0.141.